The number of carbonyl (C=O) groups excluding carboxylic acids is 2. The van der Waals surface area contributed by atoms with Crippen molar-refractivity contribution in [1.29, 1.82) is 0 Å². The number of hydrogen-bond acceptors (Lipinski definition) is 4. The minimum absolute atomic E-state index is 0.168. The third-order valence-corrected chi connectivity index (χ3v) is 5.48. The summed E-state index contributed by atoms with van der Waals surface area (Å²) >= 11 is 1.35. The van der Waals surface area contributed by atoms with Crippen molar-refractivity contribution in [2.45, 2.75) is 38.4 Å². The van der Waals surface area contributed by atoms with E-state index in [1.54, 1.807) is 42.6 Å². The molecule has 0 bridgehead atoms. The van der Waals surface area contributed by atoms with Gasteiger partial charge in [-0.3, -0.25) is 9.59 Å². The standard InChI is InChI=1S/C23H25FN4O2S/c1-3-4-12-28-21(17-8-10-18(24)11-9-17)14-25-23(28)31-15-22(30)27-20-7-5-6-19(13-20)26-16(2)29/h5-11,13-14H,3-4,12,15H2,1-2H3,(H,26,29)(H,27,30). The molecule has 0 unspecified atom stereocenters. The van der Waals surface area contributed by atoms with Crippen molar-refractivity contribution in [3.63, 3.8) is 0 Å². The molecule has 2 amide bonds. The van der Waals surface area contributed by atoms with Crippen LogP contribution in [-0.2, 0) is 16.1 Å². The second kappa shape index (κ2) is 10.8. The van der Waals surface area contributed by atoms with Crippen LogP contribution in [0.1, 0.15) is 26.7 Å². The molecule has 0 saturated heterocycles. The van der Waals surface area contributed by atoms with E-state index >= 15 is 0 Å². The molecule has 3 aromatic rings. The number of rotatable bonds is 9. The number of unbranched alkanes of at least 4 members (excludes halogenated alkanes) is 1. The van der Waals surface area contributed by atoms with E-state index in [1.165, 1.54) is 30.8 Å². The zero-order valence-corrected chi connectivity index (χ0v) is 18.3. The van der Waals surface area contributed by atoms with Gasteiger partial charge in [-0.2, -0.15) is 0 Å². The highest BCUT2D eigenvalue weighted by Crippen LogP contribution is 2.27. The Bertz CT molecular complexity index is 1050. The van der Waals surface area contributed by atoms with Crippen molar-refractivity contribution in [3.8, 4) is 11.3 Å². The Balaban J connectivity index is 1.68. The largest absolute Gasteiger partial charge is 0.326 e. The van der Waals surface area contributed by atoms with Crippen molar-refractivity contribution in [3.05, 3.63) is 60.5 Å². The Morgan fingerprint density at radius 2 is 1.81 bits per heavy atom. The zero-order valence-electron chi connectivity index (χ0n) is 17.5. The summed E-state index contributed by atoms with van der Waals surface area (Å²) in [7, 11) is 0. The summed E-state index contributed by atoms with van der Waals surface area (Å²) < 4.78 is 15.4. The van der Waals surface area contributed by atoms with Gasteiger partial charge in [0.1, 0.15) is 5.82 Å². The number of nitrogens with zero attached hydrogens (tertiary/aromatic N) is 2. The highest BCUT2D eigenvalue weighted by Gasteiger charge is 2.14. The fourth-order valence-electron chi connectivity index (χ4n) is 3.06. The van der Waals surface area contributed by atoms with Gasteiger partial charge < -0.3 is 15.2 Å². The van der Waals surface area contributed by atoms with Gasteiger partial charge in [0.25, 0.3) is 0 Å². The van der Waals surface area contributed by atoms with Crippen LogP contribution < -0.4 is 10.6 Å². The highest BCUT2D eigenvalue weighted by molar-refractivity contribution is 7.99. The zero-order chi connectivity index (χ0) is 22.2. The van der Waals surface area contributed by atoms with Crippen LogP contribution in [0.4, 0.5) is 15.8 Å². The molecule has 0 spiro atoms. The molecule has 0 saturated carbocycles. The maximum atomic E-state index is 13.3. The first-order valence-electron chi connectivity index (χ1n) is 10.1. The Morgan fingerprint density at radius 3 is 2.48 bits per heavy atom. The summed E-state index contributed by atoms with van der Waals surface area (Å²) in [6.45, 7) is 4.32. The van der Waals surface area contributed by atoms with Gasteiger partial charge in [-0.15, -0.1) is 0 Å². The maximum absolute atomic E-state index is 13.3. The molecule has 0 aliphatic rings. The molecule has 0 fully saturated rings. The third kappa shape index (κ3) is 6.42. The number of imidazole rings is 1. The van der Waals surface area contributed by atoms with E-state index in [-0.39, 0.29) is 23.4 Å². The van der Waals surface area contributed by atoms with Gasteiger partial charge >= 0.3 is 0 Å². The second-order valence-electron chi connectivity index (χ2n) is 7.04. The molecular weight excluding hydrogens is 415 g/mol. The Labute approximate surface area is 185 Å². The summed E-state index contributed by atoms with van der Waals surface area (Å²) in [6, 6.07) is 13.3. The van der Waals surface area contributed by atoms with Crippen LogP contribution in [0.3, 0.4) is 0 Å². The van der Waals surface area contributed by atoms with Crippen LogP contribution in [0.15, 0.2) is 59.9 Å². The summed E-state index contributed by atoms with van der Waals surface area (Å²) in [5.74, 6) is -0.429. The molecule has 0 radical (unpaired) electrons. The van der Waals surface area contributed by atoms with E-state index < -0.39 is 0 Å². The normalized spacial score (nSPS) is 10.7. The lowest BCUT2D eigenvalue weighted by molar-refractivity contribution is -0.114. The smallest absolute Gasteiger partial charge is 0.234 e. The first-order chi connectivity index (χ1) is 15.0. The predicted molar refractivity (Wildman–Crippen MR) is 123 cm³/mol. The molecule has 31 heavy (non-hydrogen) atoms. The molecule has 6 nitrogen and oxygen atoms in total. The van der Waals surface area contributed by atoms with Gasteiger partial charge in [0, 0.05) is 24.8 Å². The minimum Gasteiger partial charge on any atom is -0.326 e. The average Bonchev–Trinajstić information content (AvgIpc) is 3.13. The first-order valence-corrected chi connectivity index (χ1v) is 11.1. The van der Waals surface area contributed by atoms with E-state index in [4.69, 9.17) is 0 Å². The average molecular weight is 441 g/mol. The monoisotopic (exact) mass is 440 g/mol. The number of hydrogen-bond donors (Lipinski definition) is 2. The van der Waals surface area contributed by atoms with Crippen LogP contribution in [0.5, 0.6) is 0 Å². The highest BCUT2D eigenvalue weighted by atomic mass is 32.2. The number of nitrogens with one attached hydrogen (secondary N) is 2. The molecule has 1 heterocycles. The number of halogens is 1. The van der Waals surface area contributed by atoms with Crippen molar-refractivity contribution >= 4 is 35.0 Å². The molecule has 3 rings (SSSR count). The van der Waals surface area contributed by atoms with Gasteiger partial charge in [-0.25, -0.2) is 9.37 Å². The molecule has 0 atom stereocenters. The fraction of sp³-hybridized carbons (Fsp3) is 0.261. The van der Waals surface area contributed by atoms with Crippen LogP contribution >= 0.6 is 11.8 Å². The summed E-state index contributed by atoms with van der Waals surface area (Å²) in [4.78, 5) is 28.2. The number of aromatic nitrogens is 2. The van der Waals surface area contributed by atoms with Crippen LogP contribution in [0.2, 0.25) is 0 Å². The Kier molecular flexibility index (Phi) is 7.83. The lowest BCUT2D eigenvalue weighted by Crippen LogP contribution is -2.15. The van der Waals surface area contributed by atoms with Gasteiger partial charge in [-0.1, -0.05) is 31.2 Å². The van der Waals surface area contributed by atoms with Gasteiger partial charge in [0.2, 0.25) is 11.8 Å². The van der Waals surface area contributed by atoms with Gasteiger partial charge in [-0.05, 0) is 54.4 Å². The van der Waals surface area contributed by atoms with Gasteiger partial charge in [0.05, 0.1) is 17.6 Å². The molecular formula is C23H25FN4O2S. The second-order valence-corrected chi connectivity index (χ2v) is 7.98. The fourth-order valence-corrected chi connectivity index (χ4v) is 3.87. The summed E-state index contributed by atoms with van der Waals surface area (Å²) in [6.07, 6.45) is 3.76. The maximum Gasteiger partial charge on any atom is 0.234 e. The lowest BCUT2D eigenvalue weighted by Gasteiger charge is -2.12. The quantitative estimate of drug-likeness (QED) is 0.450. The summed E-state index contributed by atoms with van der Waals surface area (Å²) in [5, 5.41) is 6.28. The Morgan fingerprint density at radius 1 is 1.10 bits per heavy atom. The van der Waals surface area contributed by atoms with Crippen molar-refractivity contribution in [1.82, 2.24) is 9.55 Å². The van der Waals surface area contributed by atoms with Crippen molar-refractivity contribution in [2.24, 2.45) is 0 Å². The molecule has 8 heteroatoms. The van der Waals surface area contributed by atoms with E-state index in [9.17, 15) is 14.0 Å². The molecule has 162 valence electrons. The van der Waals surface area contributed by atoms with Gasteiger partial charge in [0.15, 0.2) is 5.16 Å². The Hall–Kier alpha value is -3.13. The van der Waals surface area contributed by atoms with Crippen LogP contribution in [0.25, 0.3) is 11.3 Å². The van der Waals surface area contributed by atoms with E-state index in [0.717, 1.165) is 35.8 Å². The topological polar surface area (TPSA) is 76.0 Å². The number of benzene rings is 2. The van der Waals surface area contributed by atoms with Crippen LogP contribution in [0, 0.1) is 5.82 Å². The molecule has 2 N–H and O–H groups in total. The van der Waals surface area contributed by atoms with Crippen molar-refractivity contribution < 1.29 is 14.0 Å². The number of thioether (sulfide) groups is 1. The first kappa shape index (κ1) is 22.6. The molecule has 2 aromatic carbocycles. The number of carbonyl (C=O) groups is 2. The molecule has 0 aliphatic heterocycles. The lowest BCUT2D eigenvalue weighted by atomic mass is 10.1. The molecule has 1 aromatic heterocycles. The third-order valence-electron chi connectivity index (χ3n) is 4.49. The van der Waals surface area contributed by atoms with E-state index in [2.05, 4.69) is 27.1 Å². The summed E-state index contributed by atoms with van der Waals surface area (Å²) in [5.41, 5.74) is 3.02. The predicted octanol–water partition coefficient (Wildman–Crippen LogP) is 5.18. The van der Waals surface area contributed by atoms with E-state index in [1.807, 2.05) is 0 Å². The van der Waals surface area contributed by atoms with Crippen LogP contribution in [-0.4, -0.2) is 27.1 Å². The number of anilines is 2. The number of amides is 2. The minimum atomic E-state index is -0.280. The molecule has 0 aliphatic carbocycles. The van der Waals surface area contributed by atoms with Crippen molar-refractivity contribution in [2.75, 3.05) is 16.4 Å². The SMILES string of the molecule is CCCCn1c(-c2ccc(F)cc2)cnc1SCC(=O)Nc1cccc(NC(C)=O)c1. The van der Waals surface area contributed by atoms with E-state index in [0.29, 0.717) is 11.4 Å².